The van der Waals surface area contributed by atoms with Crippen molar-refractivity contribution in [3.05, 3.63) is 35.9 Å². The zero-order valence-corrected chi connectivity index (χ0v) is 47.3. The Labute approximate surface area is 454 Å². The van der Waals surface area contributed by atoms with E-state index in [1.54, 1.807) is 30.8 Å². The molecule has 5 fully saturated rings. The third-order valence-corrected chi connectivity index (χ3v) is 16.7. The minimum atomic E-state index is -1.46. The average Bonchev–Trinajstić information content (AvgIpc) is 4.30. The molecule has 21 nitrogen and oxygen atoms in total. The quantitative estimate of drug-likeness (QED) is 0.0650. The van der Waals surface area contributed by atoms with Crippen molar-refractivity contribution in [3.63, 3.8) is 0 Å². The Morgan fingerprint density at radius 2 is 1.53 bits per heavy atom. The fourth-order valence-corrected chi connectivity index (χ4v) is 11.7. The molecule has 5 aliphatic rings. The first-order valence-electron chi connectivity index (χ1n) is 27.9. The summed E-state index contributed by atoms with van der Waals surface area (Å²) in [6, 6.07) is 7.06. The molecule has 0 unspecified atom stereocenters. The minimum absolute atomic E-state index is 0.0548. The first-order valence-corrected chi connectivity index (χ1v) is 27.9. The van der Waals surface area contributed by atoms with Gasteiger partial charge in [-0.25, -0.2) is 9.86 Å². The van der Waals surface area contributed by atoms with Crippen molar-refractivity contribution in [2.24, 2.45) is 29.1 Å². The molecule has 8 amide bonds. The predicted molar refractivity (Wildman–Crippen MR) is 282 cm³/mol. The van der Waals surface area contributed by atoms with Gasteiger partial charge in [0.05, 0.1) is 49.3 Å². The topological polar surface area (TPSA) is 243 Å². The van der Waals surface area contributed by atoms with Gasteiger partial charge in [-0.1, -0.05) is 85.2 Å². The highest BCUT2D eigenvalue weighted by Crippen LogP contribution is 2.53. The van der Waals surface area contributed by atoms with Gasteiger partial charge in [0.25, 0.3) is 17.7 Å². The summed E-state index contributed by atoms with van der Waals surface area (Å²) in [5, 5.41) is 10.8. The lowest BCUT2D eigenvalue weighted by Gasteiger charge is -2.41. The van der Waals surface area contributed by atoms with Crippen LogP contribution in [0.3, 0.4) is 0 Å². The molecule has 21 heteroatoms. The number of hydroxylamine groups is 4. The molecule has 0 radical (unpaired) electrons. The average molecular weight is 1080 g/mol. The molecule has 0 aromatic heterocycles. The Morgan fingerprint density at radius 1 is 0.857 bits per heavy atom. The lowest BCUT2D eigenvalue weighted by molar-refractivity contribution is -0.202. The van der Waals surface area contributed by atoms with Gasteiger partial charge < -0.3 is 40.1 Å². The number of likely N-dealkylation sites (N-methyl/N-ethyl adjacent to an activating group) is 2. The SMILES string of the molecule is CC[C@H](C)[C@@H]([C@@H](CC(=O)N1CCC[C@H]1[C@H](OC)[C@@H](C)C(=O)N[C@@]1(C(=O)N2CCCCO2)C[C@@H]1c1ccccc1)OC)N(C)C(=O)[C@@H](NC(=O)[C@H](C(C)C)N(C)CCCNC(=O)C1(C(=O)ON2C(=O)CCC2=O)CC1)C(C)C. The zero-order valence-electron chi connectivity index (χ0n) is 47.3. The van der Waals surface area contributed by atoms with E-state index < -0.39 is 76.9 Å². The van der Waals surface area contributed by atoms with Crippen LogP contribution in [-0.2, 0) is 62.3 Å². The molecule has 0 bridgehead atoms. The van der Waals surface area contributed by atoms with Crippen LogP contribution in [0.1, 0.15) is 137 Å². The zero-order chi connectivity index (χ0) is 56.5. The van der Waals surface area contributed by atoms with E-state index in [1.807, 2.05) is 76.8 Å². The van der Waals surface area contributed by atoms with Crippen molar-refractivity contribution in [1.29, 1.82) is 0 Å². The van der Waals surface area contributed by atoms with E-state index in [0.717, 1.165) is 18.4 Å². The molecule has 10 atom stereocenters. The van der Waals surface area contributed by atoms with Crippen molar-refractivity contribution in [1.82, 2.24) is 40.8 Å². The van der Waals surface area contributed by atoms with Gasteiger partial charge in [0.1, 0.15) is 17.0 Å². The molecule has 2 saturated carbocycles. The van der Waals surface area contributed by atoms with Crippen molar-refractivity contribution < 1.29 is 62.3 Å². The molecule has 2 aliphatic carbocycles. The summed E-state index contributed by atoms with van der Waals surface area (Å²) < 4.78 is 12.2. The second-order valence-electron chi connectivity index (χ2n) is 22.7. The molecular formula is C56H86N8O13. The van der Waals surface area contributed by atoms with E-state index in [0.29, 0.717) is 63.4 Å². The summed E-state index contributed by atoms with van der Waals surface area (Å²) in [7, 11) is 6.54. The number of carbonyl (C=O) groups is 9. The number of likely N-dealkylation sites (tertiary alicyclic amines) is 1. The number of amides is 8. The van der Waals surface area contributed by atoms with Gasteiger partial charge in [-0.05, 0) is 81.7 Å². The van der Waals surface area contributed by atoms with Gasteiger partial charge in [-0.15, -0.1) is 5.06 Å². The van der Waals surface area contributed by atoms with Crippen LogP contribution < -0.4 is 16.0 Å². The molecule has 3 saturated heterocycles. The maximum atomic E-state index is 14.8. The predicted octanol–water partition coefficient (Wildman–Crippen LogP) is 3.49. The summed E-state index contributed by atoms with van der Waals surface area (Å²) in [6.07, 6.45) is 3.30. The summed E-state index contributed by atoms with van der Waals surface area (Å²) in [5.41, 5.74) is -1.68. The fourth-order valence-electron chi connectivity index (χ4n) is 11.7. The van der Waals surface area contributed by atoms with E-state index >= 15 is 0 Å². The van der Waals surface area contributed by atoms with Crippen LogP contribution in [0.2, 0.25) is 0 Å². The largest absolute Gasteiger partial charge is 0.379 e. The molecule has 3 heterocycles. The number of hydrogen-bond donors (Lipinski definition) is 3. The van der Waals surface area contributed by atoms with E-state index in [4.69, 9.17) is 19.1 Å². The van der Waals surface area contributed by atoms with Crippen LogP contribution in [-0.4, -0.2) is 181 Å². The van der Waals surface area contributed by atoms with Gasteiger partial charge in [0.15, 0.2) is 0 Å². The Bertz CT molecular complexity index is 2270. The first kappa shape index (κ1) is 60.7. The Kier molecular flexibility index (Phi) is 20.8. The maximum absolute atomic E-state index is 14.8. The second-order valence-corrected chi connectivity index (χ2v) is 22.7. The molecular weight excluding hydrogens is 993 g/mol. The number of rotatable bonds is 27. The monoisotopic (exact) mass is 1080 g/mol. The fraction of sp³-hybridized carbons (Fsp3) is 0.732. The molecule has 428 valence electrons. The Hall–Kier alpha value is -5.51. The van der Waals surface area contributed by atoms with Crippen LogP contribution in [0.4, 0.5) is 0 Å². The highest BCUT2D eigenvalue weighted by molar-refractivity contribution is 6.07. The van der Waals surface area contributed by atoms with E-state index in [9.17, 15) is 43.2 Å². The van der Waals surface area contributed by atoms with E-state index in [-0.39, 0.29) is 91.9 Å². The van der Waals surface area contributed by atoms with Crippen molar-refractivity contribution in [2.75, 3.05) is 61.1 Å². The van der Waals surface area contributed by atoms with Gasteiger partial charge in [-0.2, -0.15) is 0 Å². The summed E-state index contributed by atoms with van der Waals surface area (Å²) in [6.45, 7) is 15.2. The molecule has 77 heavy (non-hydrogen) atoms. The van der Waals surface area contributed by atoms with Gasteiger partial charge in [-0.3, -0.25) is 48.1 Å². The minimum Gasteiger partial charge on any atom is -0.379 e. The Balaban J connectivity index is 1.07. The summed E-state index contributed by atoms with van der Waals surface area (Å²) >= 11 is 0. The van der Waals surface area contributed by atoms with Crippen molar-refractivity contribution >= 4 is 53.2 Å². The standard InChI is InChI=1S/C56H86N8O13/c1-12-36(6)47(61(9)51(70)45(34(2)3)58-50(69)46(35(4)5)60(8)28-19-27-57-52(71)55(25-26-55)54(73)77-64-42(65)23-24-43(64)66)41(74-10)32-44(67)62-29-18-22-40(62)48(75-11)37(7)49(68)59-56(53(72)63-30-16-17-31-76-63)33-39(56)38-20-14-13-15-21-38/h13-15,20-21,34-37,39-41,45-48H,12,16-19,22-33H2,1-11H3,(H,57,71)(H,58,69)(H,59,68)/t36-,37+,39+,40-,41+,45-,46-,47-,48+,56-/m0/s1. The van der Waals surface area contributed by atoms with Gasteiger partial charge in [0.2, 0.25) is 29.5 Å². The van der Waals surface area contributed by atoms with Crippen LogP contribution in [0.5, 0.6) is 0 Å². The van der Waals surface area contributed by atoms with Crippen molar-refractivity contribution in [3.8, 4) is 0 Å². The van der Waals surface area contributed by atoms with Gasteiger partial charge >= 0.3 is 5.97 Å². The normalized spacial score (nSPS) is 23.7. The lowest BCUT2D eigenvalue weighted by atomic mass is 9.89. The molecule has 3 aliphatic heterocycles. The lowest BCUT2D eigenvalue weighted by Crippen LogP contribution is -2.60. The summed E-state index contributed by atoms with van der Waals surface area (Å²) in [4.78, 5) is 138. The number of methoxy groups -OCH3 is 2. The third-order valence-electron chi connectivity index (χ3n) is 16.7. The molecule has 3 N–H and O–H groups in total. The number of carbonyl (C=O) groups excluding carboxylic acids is 9. The third kappa shape index (κ3) is 13.7. The number of hydrogen-bond acceptors (Lipinski definition) is 14. The van der Waals surface area contributed by atoms with Crippen LogP contribution >= 0.6 is 0 Å². The second kappa shape index (κ2) is 26.4. The number of benzene rings is 1. The van der Waals surface area contributed by atoms with Crippen molar-refractivity contribution in [2.45, 2.75) is 173 Å². The molecule has 6 rings (SSSR count). The number of nitrogens with zero attached hydrogens (tertiary/aromatic N) is 5. The molecule has 0 spiro atoms. The highest BCUT2D eigenvalue weighted by atomic mass is 16.7. The van der Waals surface area contributed by atoms with Crippen LogP contribution in [0.15, 0.2) is 30.3 Å². The van der Waals surface area contributed by atoms with E-state index in [2.05, 4.69) is 16.0 Å². The Morgan fingerprint density at radius 3 is 2.10 bits per heavy atom. The first-order chi connectivity index (χ1) is 36.6. The smallest absolute Gasteiger partial charge is 0.348 e. The molecule has 1 aromatic rings. The molecule has 1 aromatic carbocycles. The van der Waals surface area contributed by atoms with Crippen LogP contribution in [0, 0.1) is 29.1 Å². The maximum Gasteiger partial charge on any atom is 0.348 e. The van der Waals surface area contributed by atoms with E-state index in [1.165, 1.54) is 19.3 Å². The van der Waals surface area contributed by atoms with Gasteiger partial charge in [0, 0.05) is 66.2 Å². The van der Waals surface area contributed by atoms with Crippen LogP contribution in [0.25, 0.3) is 0 Å². The summed E-state index contributed by atoms with van der Waals surface area (Å²) in [5.74, 6) is -5.84. The highest BCUT2D eigenvalue weighted by Gasteiger charge is 2.64. The number of nitrogens with one attached hydrogen (secondary N) is 3. The number of imide groups is 1. The number of ether oxygens (including phenoxy) is 2.